The smallest absolute Gasteiger partial charge is 0.255 e. The van der Waals surface area contributed by atoms with Crippen LogP contribution in [0.3, 0.4) is 0 Å². The van der Waals surface area contributed by atoms with Gasteiger partial charge in [-0.3, -0.25) is 9.69 Å². The zero-order chi connectivity index (χ0) is 33.3. The first-order valence-corrected chi connectivity index (χ1v) is 16.5. The highest BCUT2D eigenvalue weighted by molar-refractivity contribution is 6.30. The molecule has 6 aromatic rings. The Labute approximate surface area is 285 Å². The van der Waals surface area contributed by atoms with Crippen LogP contribution in [0.15, 0.2) is 78.9 Å². The van der Waals surface area contributed by atoms with E-state index in [-0.39, 0.29) is 18.6 Å². The number of imidazole rings is 1. The molecule has 3 aromatic heterocycles. The normalized spacial score (nSPS) is 16.4. The second-order valence-corrected chi connectivity index (χ2v) is 12.6. The summed E-state index contributed by atoms with van der Waals surface area (Å²) in [6.07, 6.45) is 4.15. The van der Waals surface area contributed by atoms with Gasteiger partial charge in [0.2, 0.25) is 5.88 Å². The van der Waals surface area contributed by atoms with Gasteiger partial charge in [0, 0.05) is 47.6 Å². The largest absolute Gasteiger partial charge is 0.473 e. The molecule has 0 radical (unpaired) electrons. The molecule has 0 bridgehead atoms. The Morgan fingerprint density at radius 2 is 1.94 bits per heavy atom. The van der Waals surface area contributed by atoms with Crippen LogP contribution in [0.1, 0.15) is 40.3 Å². The van der Waals surface area contributed by atoms with E-state index in [9.17, 15) is 9.18 Å². The number of carbonyl (C=O) groups excluding carboxylic acids is 1. The number of ether oxygens (including phenoxy) is 2. The number of H-pyrrole nitrogens is 1. The van der Waals surface area contributed by atoms with Gasteiger partial charge in [-0.15, -0.1) is 0 Å². The number of rotatable bonds is 10. The molecule has 0 aliphatic carbocycles. The van der Waals surface area contributed by atoms with E-state index < -0.39 is 5.82 Å². The molecule has 11 nitrogen and oxygen atoms in total. The highest BCUT2D eigenvalue weighted by Gasteiger charge is 2.24. The first kappa shape index (κ1) is 31.1. The third-order valence-electron chi connectivity index (χ3n) is 8.94. The summed E-state index contributed by atoms with van der Waals surface area (Å²) in [6.45, 7) is 3.74. The summed E-state index contributed by atoms with van der Waals surface area (Å²) in [4.78, 5) is 25.3. The number of benzene rings is 3. The zero-order valence-corrected chi connectivity index (χ0v) is 27.2. The maximum Gasteiger partial charge on any atom is 0.255 e. The number of nitrogens with one attached hydrogen (secondary N) is 2. The summed E-state index contributed by atoms with van der Waals surface area (Å²) in [5.74, 6) is 0.735. The van der Waals surface area contributed by atoms with E-state index in [0.717, 1.165) is 66.2 Å². The van der Waals surface area contributed by atoms with Crippen LogP contribution < -0.4 is 10.1 Å². The predicted molar refractivity (Wildman–Crippen MR) is 184 cm³/mol. The number of fused-ring (bicyclic) bond motifs is 2. The molecule has 2 aliphatic heterocycles. The fraction of sp³-hybridized carbons (Fsp3) is 0.250. The van der Waals surface area contributed by atoms with Gasteiger partial charge in [0.1, 0.15) is 29.3 Å². The lowest BCUT2D eigenvalue weighted by Gasteiger charge is -2.29. The first-order chi connectivity index (χ1) is 23.9. The number of aromatic nitrogens is 6. The van der Waals surface area contributed by atoms with Crippen molar-refractivity contribution in [2.24, 2.45) is 0 Å². The van der Waals surface area contributed by atoms with Crippen molar-refractivity contribution in [1.29, 1.82) is 0 Å². The molecule has 0 spiro atoms. The number of nitrogens with zero attached hydrogens (tertiary/aromatic N) is 6. The van der Waals surface area contributed by atoms with Gasteiger partial charge in [-0.05, 0) is 73.0 Å². The summed E-state index contributed by atoms with van der Waals surface area (Å²) >= 11 is 5.87. The molecule has 1 atom stereocenters. The predicted octanol–water partition coefficient (Wildman–Crippen LogP) is 6.40. The maximum absolute atomic E-state index is 14.2. The van der Waals surface area contributed by atoms with Crippen molar-refractivity contribution in [3.8, 4) is 5.88 Å². The summed E-state index contributed by atoms with van der Waals surface area (Å²) in [6, 6.07) is 21.2. The summed E-state index contributed by atoms with van der Waals surface area (Å²) in [7, 11) is 0. The summed E-state index contributed by atoms with van der Waals surface area (Å²) in [5.41, 5.74) is 6.70. The minimum absolute atomic E-state index is 0.0609. The molecular formula is C36H32ClFN8O3. The Morgan fingerprint density at radius 1 is 1.04 bits per heavy atom. The van der Waals surface area contributed by atoms with Gasteiger partial charge in [-0.2, -0.15) is 15.4 Å². The average Bonchev–Trinajstić information content (AvgIpc) is 3.70. The quantitative estimate of drug-likeness (QED) is 0.171. The number of carbonyl (C=O) groups is 1. The van der Waals surface area contributed by atoms with Crippen molar-refractivity contribution < 1.29 is 18.7 Å². The Morgan fingerprint density at radius 3 is 2.76 bits per heavy atom. The molecule has 248 valence electrons. The lowest BCUT2D eigenvalue weighted by molar-refractivity contribution is -0.0591. The van der Waals surface area contributed by atoms with Crippen LogP contribution in [0, 0.1) is 5.82 Å². The third kappa shape index (κ3) is 6.75. The first-order valence-electron chi connectivity index (χ1n) is 16.1. The number of hydrogen-bond acceptors (Lipinski definition) is 8. The zero-order valence-electron chi connectivity index (χ0n) is 26.4. The standard InChI is InChI=1S/C36H32ClFN8O3/c37-25-6-4-24(28(38)17-25)21-49-35-3-1-2-29(41-35)22-10-13-45(14-11-22)20-34-40-32-16-23(5-9-33(32)46(34)19-27-12-15-48-27)36(47)39-26-7-8-30-31(18-26)43-44-42-30/h1-10,16-18,27H,11-15,19-21H2,(H,39,47)(H,42,43,44). The van der Waals surface area contributed by atoms with E-state index in [1.807, 2.05) is 36.4 Å². The van der Waals surface area contributed by atoms with Gasteiger partial charge in [0.05, 0.1) is 35.9 Å². The third-order valence-corrected chi connectivity index (χ3v) is 9.18. The van der Waals surface area contributed by atoms with Crippen LogP contribution in [-0.4, -0.2) is 66.6 Å². The van der Waals surface area contributed by atoms with Crippen molar-refractivity contribution in [2.75, 3.05) is 25.0 Å². The second-order valence-electron chi connectivity index (χ2n) is 12.2. The van der Waals surface area contributed by atoms with Gasteiger partial charge in [-0.1, -0.05) is 29.8 Å². The van der Waals surface area contributed by atoms with Crippen LogP contribution >= 0.6 is 11.6 Å². The number of halogens is 2. The molecule has 5 heterocycles. The second kappa shape index (κ2) is 13.4. The molecule has 0 saturated carbocycles. The number of aromatic amines is 1. The fourth-order valence-electron chi connectivity index (χ4n) is 6.15. The topological polar surface area (TPSA) is 123 Å². The van der Waals surface area contributed by atoms with Crippen LogP contribution in [0.4, 0.5) is 10.1 Å². The molecule has 1 unspecified atom stereocenters. The monoisotopic (exact) mass is 678 g/mol. The van der Waals surface area contributed by atoms with Crippen molar-refractivity contribution in [3.05, 3.63) is 112 Å². The number of hydrogen-bond donors (Lipinski definition) is 2. The van der Waals surface area contributed by atoms with Crippen molar-refractivity contribution >= 4 is 50.8 Å². The molecule has 3 aromatic carbocycles. The van der Waals surface area contributed by atoms with E-state index in [0.29, 0.717) is 46.3 Å². The Balaban J connectivity index is 0.963. The van der Waals surface area contributed by atoms with Crippen LogP contribution in [0.5, 0.6) is 5.88 Å². The van der Waals surface area contributed by atoms with Crippen LogP contribution in [0.2, 0.25) is 5.02 Å². The Kier molecular flexibility index (Phi) is 8.50. The summed E-state index contributed by atoms with van der Waals surface area (Å²) in [5, 5.41) is 14.1. The van der Waals surface area contributed by atoms with Gasteiger partial charge < -0.3 is 19.4 Å². The molecular weight excluding hydrogens is 647 g/mol. The van der Waals surface area contributed by atoms with E-state index in [1.54, 1.807) is 30.3 Å². The maximum atomic E-state index is 14.2. The van der Waals surface area contributed by atoms with E-state index in [1.165, 1.54) is 6.07 Å². The van der Waals surface area contributed by atoms with Gasteiger partial charge in [0.25, 0.3) is 5.91 Å². The molecule has 2 aliphatic rings. The average molecular weight is 679 g/mol. The molecule has 49 heavy (non-hydrogen) atoms. The highest BCUT2D eigenvalue weighted by atomic mass is 35.5. The van der Waals surface area contributed by atoms with Crippen LogP contribution in [0.25, 0.3) is 27.6 Å². The van der Waals surface area contributed by atoms with Crippen molar-refractivity contribution in [3.63, 3.8) is 0 Å². The Bertz CT molecular complexity index is 2210. The molecule has 13 heteroatoms. The molecule has 1 amide bonds. The van der Waals surface area contributed by atoms with Crippen LogP contribution in [-0.2, 0) is 24.4 Å². The van der Waals surface area contributed by atoms with Crippen molar-refractivity contribution in [2.45, 2.75) is 38.6 Å². The van der Waals surface area contributed by atoms with Crippen molar-refractivity contribution in [1.82, 2.24) is 34.8 Å². The van der Waals surface area contributed by atoms with E-state index in [4.69, 9.17) is 31.0 Å². The summed E-state index contributed by atoms with van der Waals surface area (Å²) < 4.78 is 28.0. The fourth-order valence-corrected chi connectivity index (χ4v) is 6.31. The Hall–Kier alpha value is -5.17. The number of pyridine rings is 1. The van der Waals surface area contributed by atoms with Gasteiger partial charge in [0.15, 0.2) is 0 Å². The highest BCUT2D eigenvalue weighted by Crippen LogP contribution is 2.27. The van der Waals surface area contributed by atoms with Gasteiger partial charge >= 0.3 is 0 Å². The molecule has 2 N–H and O–H groups in total. The molecule has 8 rings (SSSR count). The van der Waals surface area contributed by atoms with E-state index >= 15 is 0 Å². The number of anilines is 1. The van der Waals surface area contributed by atoms with Gasteiger partial charge in [-0.25, -0.2) is 14.4 Å². The molecule has 1 saturated heterocycles. The minimum atomic E-state index is -0.406. The minimum Gasteiger partial charge on any atom is -0.473 e. The lowest BCUT2D eigenvalue weighted by atomic mass is 10.0. The van der Waals surface area contributed by atoms with E-state index in [2.05, 4.69) is 36.3 Å². The molecule has 1 fully saturated rings. The lowest BCUT2D eigenvalue weighted by Crippen LogP contribution is -2.33. The SMILES string of the molecule is O=C(Nc1ccc2n[nH]nc2c1)c1ccc2c(c1)nc(CN1CC=C(c3cccc(OCc4ccc(Cl)cc4F)n3)CC1)n2CC1CCO1. The number of amides is 1.